The van der Waals surface area contributed by atoms with E-state index in [1.54, 1.807) is 11.3 Å². The van der Waals surface area contributed by atoms with Gasteiger partial charge in [-0.05, 0) is 63.1 Å². The summed E-state index contributed by atoms with van der Waals surface area (Å²) >= 11 is 1.55. The van der Waals surface area contributed by atoms with Gasteiger partial charge in [-0.25, -0.2) is 4.79 Å². The lowest BCUT2D eigenvalue weighted by molar-refractivity contribution is -0.116. The van der Waals surface area contributed by atoms with E-state index in [9.17, 15) is 9.59 Å². The van der Waals surface area contributed by atoms with Crippen LogP contribution in [0.1, 0.15) is 59.8 Å². The maximum absolute atomic E-state index is 12.4. The van der Waals surface area contributed by atoms with Crippen molar-refractivity contribution in [2.45, 2.75) is 51.9 Å². The van der Waals surface area contributed by atoms with Gasteiger partial charge in [0, 0.05) is 17.8 Å². The molecule has 1 fully saturated rings. The van der Waals surface area contributed by atoms with Crippen LogP contribution in [0, 0.1) is 5.92 Å². The molecule has 1 saturated heterocycles. The molecule has 0 unspecified atom stereocenters. The molecule has 0 aromatic carbocycles. The van der Waals surface area contributed by atoms with Gasteiger partial charge in [0.2, 0.25) is 5.91 Å². The maximum Gasteiger partial charge on any atom is 0.341 e. The number of amides is 1. The Morgan fingerprint density at radius 1 is 1.24 bits per heavy atom. The van der Waals surface area contributed by atoms with Gasteiger partial charge in [-0.1, -0.05) is 6.92 Å². The molecule has 25 heavy (non-hydrogen) atoms. The second-order valence-corrected chi connectivity index (χ2v) is 8.33. The molecule has 0 saturated carbocycles. The van der Waals surface area contributed by atoms with Crippen molar-refractivity contribution >= 4 is 28.2 Å². The fraction of sp³-hybridized carbons (Fsp3) is 0.684. The highest BCUT2D eigenvalue weighted by Gasteiger charge is 2.27. The zero-order valence-corrected chi connectivity index (χ0v) is 16.0. The van der Waals surface area contributed by atoms with Crippen LogP contribution in [0.4, 0.5) is 5.00 Å². The summed E-state index contributed by atoms with van der Waals surface area (Å²) in [7, 11) is 1.40. The van der Waals surface area contributed by atoms with Crippen molar-refractivity contribution in [3.05, 3.63) is 16.0 Å². The Balaban J connectivity index is 1.62. The highest BCUT2D eigenvalue weighted by atomic mass is 32.1. The summed E-state index contributed by atoms with van der Waals surface area (Å²) in [6.45, 7) is 5.23. The van der Waals surface area contributed by atoms with Crippen LogP contribution in [0.3, 0.4) is 0 Å². The molecule has 1 aromatic heterocycles. The van der Waals surface area contributed by atoms with Gasteiger partial charge in [-0.2, -0.15) is 0 Å². The van der Waals surface area contributed by atoms with Crippen molar-refractivity contribution in [3.8, 4) is 0 Å². The van der Waals surface area contributed by atoms with Crippen molar-refractivity contribution < 1.29 is 14.3 Å². The van der Waals surface area contributed by atoms with Gasteiger partial charge in [0.05, 0.1) is 12.7 Å². The summed E-state index contributed by atoms with van der Waals surface area (Å²) in [6.07, 6.45) is 7.03. The minimum atomic E-state index is -0.334. The van der Waals surface area contributed by atoms with E-state index in [1.165, 1.54) is 24.8 Å². The number of carbonyl (C=O) groups is 2. The van der Waals surface area contributed by atoms with E-state index in [0.29, 0.717) is 17.0 Å². The minimum absolute atomic E-state index is 0.0117. The zero-order valence-electron chi connectivity index (χ0n) is 15.2. The number of thiophene rings is 1. The highest BCUT2D eigenvalue weighted by Crippen LogP contribution is 2.38. The summed E-state index contributed by atoms with van der Waals surface area (Å²) in [4.78, 5) is 28.2. The van der Waals surface area contributed by atoms with Gasteiger partial charge in [-0.3, -0.25) is 4.79 Å². The average molecular weight is 365 g/mol. The SMILES string of the molecule is COC(=O)c1c(NC(=O)CCN2CCC(C)CC2)sc2c1CCCC2. The molecule has 0 atom stereocenters. The third-order valence-corrected chi connectivity index (χ3v) is 6.55. The van der Waals surface area contributed by atoms with Gasteiger partial charge in [0.1, 0.15) is 5.00 Å². The minimum Gasteiger partial charge on any atom is -0.465 e. The van der Waals surface area contributed by atoms with Crippen molar-refractivity contribution in [3.63, 3.8) is 0 Å². The Labute approximate surface area is 153 Å². The number of piperidine rings is 1. The number of nitrogens with one attached hydrogen (secondary N) is 1. The lowest BCUT2D eigenvalue weighted by Crippen LogP contribution is -2.35. The Hall–Kier alpha value is -1.40. The van der Waals surface area contributed by atoms with E-state index in [0.717, 1.165) is 56.8 Å². The Morgan fingerprint density at radius 3 is 2.68 bits per heavy atom. The van der Waals surface area contributed by atoms with Crippen LogP contribution in [-0.4, -0.2) is 43.5 Å². The van der Waals surface area contributed by atoms with Gasteiger partial charge in [-0.15, -0.1) is 11.3 Å². The average Bonchev–Trinajstić information content (AvgIpc) is 2.98. The summed E-state index contributed by atoms with van der Waals surface area (Å²) in [5.41, 5.74) is 1.67. The topological polar surface area (TPSA) is 58.6 Å². The third kappa shape index (κ3) is 4.42. The molecule has 2 aliphatic rings. The fourth-order valence-electron chi connectivity index (χ4n) is 3.71. The van der Waals surface area contributed by atoms with E-state index >= 15 is 0 Å². The number of likely N-dealkylation sites (tertiary alicyclic amines) is 1. The van der Waals surface area contributed by atoms with Gasteiger partial charge >= 0.3 is 5.97 Å². The molecule has 1 aromatic rings. The normalized spacial score (nSPS) is 18.6. The highest BCUT2D eigenvalue weighted by molar-refractivity contribution is 7.17. The maximum atomic E-state index is 12.4. The number of fused-ring (bicyclic) bond motifs is 1. The van der Waals surface area contributed by atoms with E-state index in [1.807, 2.05) is 0 Å². The first-order chi connectivity index (χ1) is 12.1. The van der Waals surface area contributed by atoms with Gasteiger partial charge < -0.3 is 15.0 Å². The standard InChI is InChI=1S/C19H28N2O3S/c1-13-7-10-21(11-8-13)12-9-16(22)20-18-17(19(23)24-2)14-5-3-4-6-15(14)25-18/h13H,3-12H2,1-2H3,(H,20,22). The van der Waals surface area contributed by atoms with Crippen LogP contribution in [-0.2, 0) is 22.4 Å². The van der Waals surface area contributed by atoms with Gasteiger partial charge in [0.15, 0.2) is 0 Å². The molecule has 0 spiro atoms. The molecule has 1 N–H and O–H groups in total. The van der Waals surface area contributed by atoms with Crippen LogP contribution in [0.2, 0.25) is 0 Å². The molecule has 1 aliphatic heterocycles. The van der Waals surface area contributed by atoms with E-state index in [4.69, 9.17) is 4.74 Å². The number of methoxy groups -OCH3 is 1. The molecule has 5 nitrogen and oxygen atoms in total. The van der Waals surface area contributed by atoms with Crippen molar-refractivity contribution in [2.24, 2.45) is 5.92 Å². The number of aryl methyl sites for hydroxylation is 1. The molecule has 2 heterocycles. The Kier molecular flexibility index (Phi) is 6.12. The predicted octanol–water partition coefficient (Wildman–Crippen LogP) is 3.47. The van der Waals surface area contributed by atoms with Crippen LogP contribution >= 0.6 is 11.3 Å². The molecule has 138 valence electrons. The largest absolute Gasteiger partial charge is 0.465 e. The van der Waals surface area contributed by atoms with Crippen molar-refractivity contribution in [2.75, 3.05) is 32.1 Å². The Morgan fingerprint density at radius 2 is 1.96 bits per heavy atom. The van der Waals surface area contributed by atoms with Crippen molar-refractivity contribution in [1.29, 1.82) is 0 Å². The summed E-state index contributed by atoms with van der Waals surface area (Å²) in [5.74, 6) is 0.451. The number of esters is 1. The van der Waals surface area contributed by atoms with E-state index in [-0.39, 0.29) is 11.9 Å². The quantitative estimate of drug-likeness (QED) is 0.813. The first-order valence-electron chi connectivity index (χ1n) is 9.33. The molecule has 1 amide bonds. The lowest BCUT2D eigenvalue weighted by atomic mass is 9.95. The molecule has 3 rings (SSSR count). The summed E-state index contributed by atoms with van der Waals surface area (Å²) < 4.78 is 4.96. The first kappa shape index (κ1) is 18.4. The van der Waals surface area contributed by atoms with E-state index in [2.05, 4.69) is 17.1 Å². The monoisotopic (exact) mass is 364 g/mol. The summed E-state index contributed by atoms with van der Waals surface area (Å²) in [6, 6.07) is 0. The van der Waals surface area contributed by atoms with Gasteiger partial charge in [0.25, 0.3) is 0 Å². The Bertz CT molecular complexity index is 633. The summed E-state index contributed by atoms with van der Waals surface area (Å²) in [5, 5.41) is 3.66. The molecular formula is C19H28N2O3S. The number of nitrogens with zero attached hydrogens (tertiary/aromatic N) is 1. The van der Waals surface area contributed by atoms with Crippen LogP contribution in [0.15, 0.2) is 0 Å². The number of ether oxygens (including phenoxy) is 1. The van der Waals surface area contributed by atoms with E-state index < -0.39 is 0 Å². The zero-order chi connectivity index (χ0) is 17.8. The van der Waals surface area contributed by atoms with Crippen LogP contribution in [0.25, 0.3) is 0 Å². The molecule has 0 bridgehead atoms. The molecule has 0 radical (unpaired) electrons. The smallest absolute Gasteiger partial charge is 0.341 e. The fourth-order valence-corrected chi connectivity index (χ4v) is 5.00. The third-order valence-electron chi connectivity index (χ3n) is 5.35. The number of hydrogen-bond donors (Lipinski definition) is 1. The number of hydrogen-bond acceptors (Lipinski definition) is 5. The van der Waals surface area contributed by atoms with Crippen LogP contribution in [0.5, 0.6) is 0 Å². The molecular weight excluding hydrogens is 336 g/mol. The molecule has 1 aliphatic carbocycles. The second-order valence-electron chi connectivity index (χ2n) is 7.23. The second kappa shape index (κ2) is 8.32. The number of anilines is 1. The first-order valence-corrected chi connectivity index (χ1v) is 10.1. The lowest BCUT2D eigenvalue weighted by Gasteiger charge is -2.29. The van der Waals surface area contributed by atoms with Crippen molar-refractivity contribution in [1.82, 2.24) is 4.90 Å². The predicted molar refractivity (Wildman–Crippen MR) is 100 cm³/mol. The molecule has 6 heteroatoms. The number of carbonyl (C=O) groups excluding carboxylic acids is 2. The number of rotatable bonds is 5. The van der Waals surface area contributed by atoms with Crippen LogP contribution < -0.4 is 5.32 Å².